The summed E-state index contributed by atoms with van der Waals surface area (Å²) in [7, 11) is 0. The summed E-state index contributed by atoms with van der Waals surface area (Å²) < 4.78 is 34.7. The minimum Gasteiger partial charge on any atom is -0.494 e. The van der Waals surface area contributed by atoms with E-state index in [0.717, 1.165) is 42.7 Å². The number of alkyl halides is 2. The van der Waals surface area contributed by atoms with Gasteiger partial charge in [-0.05, 0) is 65.8 Å². The van der Waals surface area contributed by atoms with E-state index in [1.807, 2.05) is 26.0 Å². The number of unbranched alkanes of at least 4 members (excludes halogenated alkanes) is 2. The standard InChI is InChI=1S/C26H28F2O2.C2H6/c1-2-3-4-19-29-24-15-9-21(10-16-24)6-5-20-7-11-22(12-8-20)23-13-17-25(18-14-23)30-26(27)28;1-2/h7-18,26H,2-6,19H2,1H3;1-2H3. The van der Waals surface area contributed by atoms with Gasteiger partial charge >= 0.3 is 6.61 Å². The minimum atomic E-state index is -2.80. The summed E-state index contributed by atoms with van der Waals surface area (Å²) in [6, 6.07) is 23.4. The Morgan fingerprint density at radius 2 is 1.12 bits per heavy atom. The Kier molecular flexibility index (Phi) is 11.3. The van der Waals surface area contributed by atoms with Crippen LogP contribution in [0.25, 0.3) is 11.1 Å². The zero-order valence-electron chi connectivity index (χ0n) is 19.3. The summed E-state index contributed by atoms with van der Waals surface area (Å²) in [6.07, 6.45) is 5.43. The largest absolute Gasteiger partial charge is 0.494 e. The Bertz CT molecular complexity index is 873. The van der Waals surface area contributed by atoms with E-state index in [4.69, 9.17) is 4.74 Å². The van der Waals surface area contributed by atoms with Gasteiger partial charge in [-0.1, -0.05) is 82.1 Å². The van der Waals surface area contributed by atoms with Crippen LogP contribution in [0.4, 0.5) is 8.78 Å². The van der Waals surface area contributed by atoms with Crippen molar-refractivity contribution in [3.8, 4) is 22.6 Å². The van der Waals surface area contributed by atoms with Gasteiger partial charge in [0, 0.05) is 0 Å². The smallest absolute Gasteiger partial charge is 0.387 e. The van der Waals surface area contributed by atoms with Crippen molar-refractivity contribution in [3.05, 3.63) is 83.9 Å². The summed E-state index contributed by atoms with van der Waals surface area (Å²) in [5.41, 5.74) is 4.57. The predicted octanol–water partition coefficient (Wildman–Crippen LogP) is 8.34. The van der Waals surface area contributed by atoms with Crippen molar-refractivity contribution in [3.63, 3.8) is 0 Å². The lowest BCUT2D eigenvalue weighted by Gasteiger charge is -2.08. The Morgan fingerprint density at radius 1 is 0.656 bits per heavy atom. The first-order valence-corrected chi connectivity index (χ1v) is 11.5. The lowest BCUT2D eigenvalue weighted by atomic mass is 10.0. The molecule has 2 nitrogen and oxygen atoms in total. The van der Waals surface area contributed by atoms with Crippen LogP contribution in [0.1, 0.15) is 51.2 Å². The van der Waals surface area contributed by atoms with Gasteiger partial charge in [0.1, 0.15) is 11.5 Å². The van der Waals surface area contributed by atoms with E-state index >= 15 is 0 Å². The zero-order chi connectivity index (χ0) is 23.2. The molecule has 4 heteroatoms. The third-order valence-corrected chi connectivity index (χ3v) is 5.01. The Balaban J connectivity index is 0.00000176. The van der Waals surface area contributed by atoms with E-state index in [9.17, 15) is 8.78 Å². The fraction of sp³-hybridized carbons (Fsp3) is 0.357. The maximum Gasteiger partial charge on any atom is 0.387 e. The molecule has 0 N–H and O–H groups in total. The molecule has 0 unspecified atom stereocenters. The molecule has 0 aliphatic rings. The molecule has 0 saturated heterocycles. The summed E-state index contributed by atoms with van der Waals surface area (Å²) in [5.74, 6) is 1.10. The molecule has 0 radical (unpaired) electrons. The molecule has 0 aromatic heterocycles. The Labute approximate surface area is 191 Å². The second-order valence-electron chi connectivity index (χ2n) is 7.30. The van der Waals surface area contributed by atoms with Crippen molar-refractivity contribution in [2.75, 3.05) is 6.61 Å². The number of aryl methyl sites for hydroxylation is 2. The van der Waals surface area contributed by atoms with E-state index in [-0.39, 0.29) is 5.75 Å². The zero-order valence-corrected chi connectivity index (χ0v) is 19.3. The van der Waals surface area contributed by atoms with Crippen LogP contribution in [0.3, 0.4) is 0 Å². The maximum absolute atomic E-state index is 12.3. The molecule has 3 rings (SSSR count). The highest BCUT2D eigenvalue weighted by Crippen LogP contribution is 2.24. The van der Waals surface area contributed by atoms with E-state index < -0.39 is 6.61 Å². The van der Waals surface area contributed by atoms with Crippen molar-refractivity contribution in [1.82, 2.24) is 0 Å². The highest BCUT2D eigenvalue weighted by atomic mass is 19.3. The molecule has 3 aromatic carbocycles. The molecule has 172 valence electrons. The average Bonchev–Trinajstić information content (AvgIpc) is 2.83. The van der Waals surface area contributed by atoms with Crippen LogP contribution in [0, 0.1) is 0 Å². The normalized spacial score (nSPS) is 10.4. The first-order chi connectivity index (χ1) is 15.6. The van der Waals surface area contributed by atoms with E-state index in [2.05, 4.69) is 48.1 Å². The molecule has 0 amide bonds. The lowest BCUT2D eigenvalue weighted by molar-refractivity contribution is -0.0498. The monoisotopic (exact) mass is 440 g/mol. The van der Waals surface area contributed by atoms with Crippen molar-refractivity contribution in [2.45, 2.75) is 59.5 Å². The molecule has 0 bridgehead atoms. The van der Waals surface area contributed by atoms with Crippen LogP contribution in [-0.4, -0.2) is 13.2 Å². The van der Waals surface area contributed by atoms with Gasteiger partial charge in [0.2, 0.25) is 0 Å². The molecule has 0 aliphatic carbocycles. The van der Waals surface area contributed by atoms with Gasteiger partial charge in [0.25, 0.3) is 0 Å². The molecular weight excluding hydrogens is 406 g/mol. The van der Waals surface area contributed by atoms with Gasteiger partial charge in [-0.25, -0.2) is 0 Å². The van der Waals surface area contributed by atoms with Crippen molar-refractivity contribution >= 4 is 0 Å². The van der Waals surface area contributed by atoms with Crippen LogP contribution in [0.5, 0.6) is 11.5 Å². The lowest BCUT2D eigenvalue weighted by Crippen LogP contribution is -2.01. The van der Waals surface area contributed by atoms with Crippen LogP contribution < -0.4 is 9.47 Å². The SMILES string of the molecule is CC.CCCCCOc1ccc(CCc2ccc(-c3ccc(OC(F)F)cc3)cc2)cc1. The molecule has 0 saturated carbocycles. The van der Waals surface area contributed by atoms with Gasteiger partial charge in [0.05, 0.1) is 6.61 Å². The van der Waals surface area contributed by atoms with Crippen molar-refractivity contribution in [2.24, 2.45) is 0 Å². The molecule has 3 aromatic rings. The van der Waals surface area contributed by atoms with Gasteiger partial charge < -0.3 is 9.47 Å². The maximum atomic E-state index is 12.3. The fourth-order valence-corrected chi connectivity index (χ4v) is 3.28. The summed E-state index contributed by atoms with van der Waals surface area (Å²) in [6.45, 7) is 4.17. The number of hydrogen-bond acceptors (Lipinski definition) is 2. The summed E-state index contributed by atoms with van der Waals surface area (Å²) >= 11 is 0. The Morgan fingerprint density at radius 3 is 1.62 bits per heavy atom. The summed E-state index contributed by atoms with van der Waals surface area (Å²) in [5, 5.41) is 0. The second-order valence-corrected chi connectivity index (χ2v) is 7.30. The van der Waals surface area contributed by atoms with Gasteiger partial charge in [-0.15, -0.1) is 0 Å². The first-order valence-electron chi connectivity index (χ1n) is 11.5. The van der Waals surface area contributed by atoms with Gasteiger partial charge in [0.15, 0.2) is 0 Å². The highest BCUT2D eigenvalue weighted by molar-refractivity contribution is 5.64. The predicted molar refractivity (Wildman–Crippen MR) is 129 cm³/mol. The second kappa shape index (κ2) is 14.2. The first kappa shape index (κ1) is 25.4. The van der Waals surface area contributed by atoms with Crippen LogP contribution in [0.15, 0.2) is 72.8 Å². The quantitative estimate of drug-likeness (QED) is 0.279. The molecule has 32 heavy (non-hydrogen) atoms. The third-order valence-electron chi connectivity index (χ3n) is 5.01. The van der Waals surface area contributed by atoms with Crippen molar-refractivity contribution in [1.29, 1.82) is 0 Å². The van der Waals surface area contributed by atoms with E-state index in [0.29, 0.717) is 0 Å². The highest BCUT2D eigenvalue weighted by Gasteiger charge is 2.05. The van der Waals surface area contributed by atoms with Crippen LogP contribution in [0.2, 0.25) is 0 Å². The molecule has 0 heterocycles. The van der Waals surface area contributed by atoms with E-state index in [1.54, 1.807) is 24.3 Å². The molecule has 0 atom stereocenters. The number of ether oxygens (including phenoxy) is 2. The molecule has 0 fully saturated rings. The average molecular weight is 441 g/mol. The van der Waals surface area contributed by atoms with Gasteiger partial charge in [-0.3, -0.25) is 0 Å². The number of hydrogen-bond donors (Lipinski definition) is 0. The van der Waals surface area contributed by atoms with Gasteiger partial charge in [-0.2, -0.15) is 8.78 Å². The molecule has 0 spiro atoms. The van der Waals surface area contributed by atoms with Crippen LogP contribution in [-0.2, 0) is 12.8 Å². The molecular formula is C28H34F2O2. The number of rotatable bonds is 11. The Hall–Kier alpha value is -2.88. The number of halogens is 2. The van der Waals surface area contributed by atoms with Crippen molar-refractivity contribution < 1.29 is 18.3 Å². The third kappa shape index (κ3) is 8.70. The topological polar surface area (TPSA) is 18.5 Å². The molecule has 0 aliphatic heterocycles. The summed E-state index contributed by atoms with van der Waals surface area (Å²) in [4.78, 5) is 0. The fourth-order valence-electron chi connectivity index (χ4n) is 3.28. The van der Waals surface area contributed by atoms with E-state index in [1.165, 1.54) is 24.0 Å². The number of benzene rings is 3. The minimum absolute atomic E-state index is 0.169. The van der Waals surface area contributed by atoms with Crippen LogP contribution >= 0.6 is 0 Å².